The number of likely N-dealkylation sites (N-methyl/N-ethyl adjacent to an activating group) is 1. The average Bonchev–Trinajstić information content (AvgIpc) is 2.74. The molecule has 0 saturated carbocycles. The van der Waals surface area contributed by atoms with E-state index in [1.165, 1.54) is 30.3 Å². The zero-order valence-corrected chi connectivity index (χ0v) is 19.1. The molecular formula is C21H25ClN2O6S. The van der Waals surface area contributed by atoms with Crippen molar-refractivity contribution in [2.75, 3.05) is 31.6 Å². The normalized spacial score (nSPS) is 11.3. The summed E-state index contributed by atoms with van der Waals surface area (Å²) >= 11 is 6.11. The van der Waals surface area contributed by atoms with Gasteiger partial charge in [-0.15, -0.1) is 0 Å². The molecule has 0 atom stereocenters. The molecule has 31 heavy (non-hydrogen) atoms. The van der Waals surface area contributed by atoms with Gasteiger partial charge >= 0.3 is 5.97 Å². The Balaban J connectivity index is 2.10. The molecular weight excluding hydrogens is 444 g/mol. The highest BCUT2D eigenvalue weighted by atomic mass is 35.5. The number of rotatable bonds is 10. The van der Waals surface area contributed by atoms with Crippen LogP contribution in [-0.2, 0) is 19.6 Å². The summed E-state index contributed by atoms with van der Waals surface area (Å²) in [6.45, 7) is 5.50. The number of ether oxygens (including phenoxy) is 2. The Morgan fingerprint density at radius 1 is 1.03 bits per heavy atom. The number of hydrogen-bond donors (Lipinski definition) is 1. The molecule has 0 fully saturated rings. The lowest BCUT2D eigenvalue weighted by Gasteiger charge is -2.20. The van der Waals surface area contributed by atoms with E-state index in [1.807, 2.05) is 0 Å². The number of sulfonamides is 1. The summed E-state index contributed by atoms with van der Waals surface area (Å²) in [7, 11) is -3.95. The van der Waals surface area contributed by atoms with Crippen molar-refractivity contribution in [2.24, 2.45) is 0 Å². The quantitative estimate of drug-likeness (QED) is 0.535. The molecule has 8 nitrogen and oxygen atoms in total. The highest BCUT2D eigenvalue weighted by Gasteiger charge is 2.26. The zero-order chi connectivity index (χ0) is 23.0. The molecule has 0 aromatic heterocycles. The third kappa shape index (κ3) is 6.43. The smallest absolute Gasteiger partial charge is 0.338 e. The van der Waals surface area contributed by atoms with E-state index in [0.29, 0.717) is 23.6 Å². The van der Waals surface area contributed by atoms with E-state index in [9.17, 15) is 18.0 Å². The molecule has 2 aromatic rings. The highest BCUT2D eigenvalue weighted by Crippen LogP contribution is 2.28. The Morgan fingerprint density at radius 3 is 2.26 bits per heavy atom. The van der Waals surface area contributed by atoms with Crippen molar-refractivity contribution in [2.45, 2.75) is 25.7 Å². The van der Waals surface area contributed by atoms with Gasteiger partial charge in [0.1, 0.15) is 5.75 Å². The largest absolute Gasteiger partial charge is 0.492 e. The lowest BCUT2D eigenvalue weighted by molar-refractivity contribution is -0.116. The van der Waals surface area contributed by atoms with Crippen LogP contribution in [0, 0.1) is 0 Å². The molecule has 0 spiro atoms. The van der Waals surface area contributed by atoms with Gasteiger partial charge in [-0.05, 0) is 56.3 Å². The zero-order valence-electron chi connectivity index (χ0n) is 17.6. The second-order valence-electron chi connectivity index (χ2n) is 6.30. The second-order valence-corrected chi connectivity index (χ2v) is 8.65. The molecule has 2 aromatic carbocycles. The SMILES string of the molecule is CCOC(=O)c1ccc(NC(=O)CN(CC)S(=O)(=O)c2ccc(OCC)c(Cl)c2)cc1. The average molecular weight is 469 g/mol. The first-order valence-corrected chi connectivity index (χ1v) is 11.5. The Bertz CT molecular complexity index is 1020. The standard InChI is InChI=1S/C21H25ClN2O6S/c1-4-24(31(27,28)17-11-12-19(29-5-2)18(22)13-17)14-20(25)23-16-9-7-15(8-10-16)21(26)30-6-3/h7-13H,4-6,14H2,1-3H3,(H,23,25). The summed E-state index contributed by atoms with van der Waals surface area (Å²) in [6.07, 6.45) is 0. The third-order valence-electron chi connectivity index (χ3n) is 4.19. The maximum atomic E-state index is 12.9. The summed E-state index contributed by atoms with van der Waals surface area (Å²) in [4.78, 5) is 24.1. The topological polar surface area (TPSA) is 102 Å². The number of hydrogen-bond acceptors (Lipinski definition) is 6. The van der Waals surface area contributed by atoms with Gasteiger partial charge in [0.25, 0.3) is 0 Å². The number of nitrogens with one attached hydrogen (secondary N) is 1. The highest BCUT2D eigenvalue weighted by molar-refractivity contribution is 7.89. The number of carbonyl (C=O) groups excluding carboxylic acids is 2. The van der Waals surface area contributed by atoms with Crippen molar-refractivity contribution in [3.05, 3.63) is 53.1 Å². The molecule has 10 heteroatoms. The maximum absolute atomic E-state index is 12.9. The van der Waals surface area contributed by atoms with Crippen molar-refractivity contribution in [3.63, 3.8) is 0 Å². The molecule has 0 radical (unpaired) electrons. The van der Waals surface area contributed by atoms with E-state index in [4.69, 9.17) is 21.1 Å². The van der Waals surface area contributed by atoms with Crippen molar-refractivity contribution in [3.8, 4) is 5.75 Å². The predicted octanol–water partition coefficient (Wildman–Crippen LogP) is 3.56. The minimum Gasteiger partial charge on any atom is -0.492 e. The van der Waals surface area contributed by atoms with Crippen LogP contribution in [0.15, 0.2) is 47.4 Å². The first-order valence-electron chi connectivity index (χ1n) is 9.72. The summed E-state index contributed by atoms with van der Waals surface area (Å²) in [5.74, 6) is -0.598. The molecule has 0 aliphatic rings. The van der Waals surface area contributed by atoms with Crippen LogP contribution in [-0.4, -0.2) is 50.9 Å². The molecule has 0 heterocycles. The number of anilines is 1. The van der Waals surface area contributed by atoms with Gasteiger partial charge in [0.05, 0.1) is 35.2 Å². The van der Waals surface area contributed by atoms with Gasteiger partial charge in [-0.3, -0.25) is 4.79 Å². The van der Waals surface area contributed by atoms with E-state index < -0.39 is 21.9 Å². The molecule has 168 valence electrons. The Hall–Kier alpha value is -2.62. The van der Waals surface area contributed by atoms with Gasteiger partial charge in [0, 0.05) is 12.2 Å². The van der Waals surface area contributed by atoms with E-state index in [0.717, 1.165) is 4.31 Å². The van der Waals surface area contributed by atoms with E-state index in [2.05, 4.69) is 5.32 Å². The van der Waals surface area contributed by atoms with Crippen LogP contribution in [0.5, 0.6) is 5.75 Å². The minimum absolute atomic E-state index is 0.0330. The molecule has 0 saturated heterocycles. The fourth-order valence-corrected chi connectivity index (χ4v) is 4.43. The Morgan fingerprint density at radius 2 is 1.71 bits per heavy atom. The molecule has 0 aliphatic carbocycles. The number of amides is 1. The van der Waals surface area contributed by atoms with Gasteiger partial charge in [0.2, 0.25) is 15.9 Å². The number of benzene rings is 2. The molecule has 1 N–H and O–H groups in total. The Labute approximate surface area is 187 Å². The van der Waals surface area contributed by atoms with Crippen molar-refractivity contribution in [1.82, 2.24) is 4.31 Å². The summed E-state index contributed by atoms with van der Waals surface area (Å²) in [6, 6.07) is 10.3. The van der Waals surface area contributed by atoms with Gasteiger partial charge in [0.15, 0.2) is 0 Å². The predicted molar refractivity (Wildman–Crippen MR) is 118 cm³/mol. The maximum Gasteiger partial charge on any atom is 0.338 e. The molecule has 1 amide bonds. The number of esters is 1. The van der Waals surface area contributed by atoms with Gasteiger partial charge in [-0.2, -0.15) is 4.31 Å². The van der Waals surface area contributed by atoms with Crippen molar-refractivity contribution < 1.29 is 27.5 Å². The van der Waals surface area contributed by atoms with E-state index in [1.54, 1.807) is 32.9 Å². The molecule has 0 aliphatic heterocycles. The summed E-state index contributed by atoms with van der Waals surface area (Å²) in [5.41, 5.74) is 0.778. The lowest BCUT2D eigenvalue weighted by Crippen LogP contribution is -2.37. The van der Waals surface area contributed by atoms with Gasteiger partial charge in [-0.1, -0.05) is 18.5 Å². The van der Waals surface area contributed by atoms with Crippen LogP contribution in [0.1, 0.15) is 31.1 Å². The first-order chi connectivity index (χ1) is 14.7. The molecule has 0 unspecified atom stereocenters. The minimum atomic E-state index is -3.95. The number of halogens is 1. The van der Waals surface area contributed by atoms with E-state index >= 15 is 0 Å². The van der Waals surface area contributed by atoms with Crippen LogP contribution >= 0.6 is 11.6 Å². The second kappa shape index (κ2) is 11.1. The van der Waals surface area contributed by atoms with Crippen LogP contribution < -0.4 is 10.1 Å². The summed E-state index contributed by atoms with van der Waals surface area (Å²) in [5, 5.41) is 2.79. The lowest BCUT2D eigenvalue weighted by atomic mass is 10.2. The monoisotopic (exact) mass is 468 g/mol. The van der Waals surface area contributed by atoms with Gasteiger partial charge in [-0.25, -0.2) is 13.2 Å². The third-order valence-corrected chi connectivity index (χ3v) is 6.41. The summed E-state index contributed by atoms with van der Waals surface area (Å²) < 4.78 is 37.2. The van der Waals surface area contributed by atoms with Crippen LogP contribution in [0.25, 0.3) is 0 Å². The fraction of sp³-hybridized carbons (Fsp3) is 0.333. The van der Waals surface area contributed by atoms with Crippen molar-refractivity contribution >= 4 is 39.2 Å². The van der Waals surface area contributed by atoms with Crippen LogP contribution in [0.3, 0.4) is 0 Å². The van der Waals surface area contributed by atoms with Gasteiger partial charge < -0.3 is 14.8 Å². The Kier molecular flexibility index (Phi) is 8.85. The first kappa shape index (κ1) is 24.6. The van der Waals surface area contributed by atoms with Crippen molar-refractivity contribution in [1.29, 1.82) is 0 Å². The fourth-order valence-electron chi connectivity index (χ4n) is 2.70. The number of nitrogens with zero attached hydrogens (tertiary/aromatic N) is 1. The molecule has 0 bridgehead atoms. The number of carbonyl (C=O) groups is 2. The van der Waals surface area contributed by atoms with Crippen LogP contribution in [0.2, 0.25) is 5.02 Å². The van der Waals surface area contributed by atoms with E-state index in [-0.39, 0.29) is 29.6 Å². The molecule has 2 rings (SSSR count). The van der Waals surface area contributed by atoms with Crippen LogP contribution in [0.4, 0.5) is 5.69 Å².